The second kappa shape index (κ2) is 21.7. The number of hydrogen-bond acceptors (Lipinski definition) is 4. The molecule has 7 heterocycles. The van der Waals surface area contributed by atoms with Gasteiger partial charge in [0.2, 0.25) is 22.8 Å². The molecule has 0 unspecified atom stereocenters. The molecule has 0 fully saturated rings. The minimum Gasteiger partial charge on any atom is -0.456 e. The fraction of sp³-hybridized carbons (Fsp3) is 0.150. The predicted octanol–water partition coefficient (Wildman–Crippen LogP) is 19.7. The van der Waals surface area contributed by atoms with Gasteiger partial charge in [0.25, 0.3) is 0 Å². The number of aromatic nitrogens is 4. The van der Waals surface area contributed by atoms with E-state index in [2.05, 4.69) is 223 Å². The summed E-state index contributed by atoms with van der Waals surface area (Å²) in [6, 6.07) is 67.4. The zero-order valence-corrected chi connectivity index (χ0v) is 50.8. The van der Waals surface area contributed by atoms with Crippen LogP contribution in [0.15, 0.2) is 226 Å². The summed E-state index contributed by atoms with van der Waals surface area (Å²) in [6.45, 7) is 12.8. The van der Waals surface area contributed by atoms with Gasteiger partial charge in [0.05, 0.1) is 16.5 Å². The lowest BCUT2D eigenvalue weighted by molar-refractivity contribution is -0.660. The van der Waals surface area contributed by atoms with Crippen LogP contribution in [0.25, 0.3) is 143 Å². The number of aryl methyl sites for hydroxylation is 9. The molecule has 0 aliphatic carbocycles. The van der Waals surface area contributed by atoms with Crippen LogP contribution in [0.2, 0.25) is 0 Å². The summed E-state index contributed by atoms with van der Waals surface area (Å²) in [5.41, 5.74) is 21.0. The second-order valence-corrected chi connectivity index (χ2v) is 23.7. The molecule has 424 valence electrons. The first kappa shape index (κ1) is 51.2. The second-order valence-electron chi connectivity index (χ2n) is 23.7. The van der Waals surface area contributed by atoms with Gasteiger partial charge in [-0.25, -0.2) is 18.7 Å². The largest absolute Gasteiger partial charge is 0.456 e. The number of nitrogens with zero attached hydrogens (tertiary/aromatic N) is 4. The average Bonchev–Trinajstić information content (AvgIpc) is 1.59. The van der Waals surface area contributed by atoms with Crippen LogP contribution in [-0.2, 0) is 21.1 Å². The molecule has 16 aromatic rings. The Bertz CT molecular complexity index is 5560. The Labute approximate surface area is 510 Å². The SMILES string of the molecule is Cc1c(-c2cc(C(C)C)cc[n+]2C)ccc2c1oc1ccc3ccccc3c12.Cc1cc[n+](C)c(-c2ccc3c(oc4ccc5ccccc5c43)c2C)c1.[2H]C([2H])([2H])c1c[n+](C)c(-c2cc3c(cc2C)oc2nc(C)c4ccccc4c23)cc1-c1ccccc1. The van der Waals surface area contributed by atoms with E-state index in [1.165, 1.54) is 87.9 Å². The number of benzene rings is 9. The van der Waals surface area contributed by atoms with Crippen LogP contribution in [-0.4, -0.2) is 4.98 Å². The van der Waals surface area contributed by atoms with Gasteiger partial charge in [-0.15, -0.1) is 0 Å². The van der Waals surface area contributed by atoms with E-state index in [0.717, 1.165) is 77.5 Å². The smallest absolute Gasteiger partial charge is 0.228 e. The molecule has 7 nitrogen and oxygen atoms in total. The molecule has 9 aromatic carbocycles. The highest BCUT2D eigenvalue weighted by Gasteiger charge is 2.24. The number of rotatable bonds is 5. The molecule has 16 rings (SSSR count). The van der Waals surface area contributed by atoms with Crippen molar-refractivity contribution in [2.24, 2.45) is 21.1 Å². The van der Waals surface area contributed by atoms with Crippen LogP contribution in [0.3, 0.4) is 0 Å². The molecular weight excluding hydrogens is 1060 g/mol. The van der Waals surface area contributed by atoms with Gasteiger partial charge in [-0.05, 0) is 151 Å². The molecule has 87 heavy (non-hydrogen) atoms. The van der Waals surface area contributed by atoms with Gasteiger partial charge in [-0.3, -0.25) is 0 Å². The van der Waals surface area contributed by atoms with Crippen molar-refractivity contribution in [3.8, 4) is 44.9 Å². The zero-order valence-electron chi connectivity index (χ0n) is 53.8. The molecular formula is C80H69N4O3+3. The van der Waals surface area contributed by atoms with Crippen molar-refractivity contribution in [2.75, 3.05) is 0 Å². The van der Waals surface area contributed by atoms with Gasteiger partial charge in [0, 0.05) is 94.7 Å². The maximum absolute atomic E-state index is 8.15. The van der Waals surface area contributed by atoms with Crippen molar-refractivity contribution in [1.82, 2.24) is 4.98 Å². The lowest BCUT2D eigenvalue weighted by atomic mass is 9.96. The van der Waals surface area contributed by atoms with Gasteiger partial charge < -0.3 is 13.3 Å². The van der Waals surface area contributed by atoms with E-state index in [0.29, 0.717) is 22.8 Å². The summed E-state index contributed by atoms with van der Waals surface area (Å²) >= 11 is 0. The van der Waals surface area contributed by atoms with Gasteiger partial charge in [0.1, 0.15) is 49.1 Å². The van der Waals surface area contributed by atoms with E-state index in [9.17, 15) is 0 Å². The molecule has 0 N–H and O–H groups in total. The molecule has 0 aliphatic rings. The highest BCUT2D eigenvalue weighted by Crippen LogP contribution is 2.42. The van der Waals surface area contributed by atoms with E-state index in [4.69, 9.17) is 22.3 Å². The molecule has 7 aromatic heterocycles. The monoisotopic (exact) mass is 1140 g/mol. The van der Waals surface area contributed by atoms with Crippen LogP contribution in [0.4, 0.5) is 0 Å². The van der Waals surface area contributed by atoms with Crippen molar-refractivity contribution in [2.45, 2.75) is 61.2 Å². The van der Waals surface area contributed by atoms with Gasteiger partial charge >= 0.3 is 0 Å². The summed E-state index contributed by atoms with van der Waals surface area (Å²) < 4.78 is 49.6. The fourth-order valence-corrected chi connectivity index (χ4v) is 13.0. The quantitative estimate of drug-likeness (QED) is 0.161. The molecule has 7 heteroatoms. The first-order valence-electron chi connectivity index (χ1n) is 31.4. The highest BCUT2D eigenvalue weighted by molar-refractivity contribution is 6.21. The number of fused-ring (bicyclic) bond motifs is 15. The molecule has 0 radical (unpaired) electrons. The van der Waals surface area contributed by atoms with Crippen molar-refractivity contribution < 1.29 is 31.1 Å². The topological polar surface area (TPSA) is 64.0 Å². The fourth-order valence-electron chi connectivity index (χ4n) is 13.0. The normalized spacial score (nSPS) is 12.4. The van der Waals surface area contributed by atoms with Crippen LogP contribution >= 0.6 is 0 Å². The zero-order chi connectivity index (χ0) is 62.4. The number of pyridine rings is 4. The lowest BCUT2D eigenvalue weighted by Crippen LogP contribution is -2.31. The van der Waals surface area contributed by atoms with Crippen LogP contribution in [0.1, 0.15) is 63.0 Å². The van der Waals surface area contributed by atoms with Crippen molar-refractivity contribution in [1.29, 1.82) is 0 Å². The Balaban J connectivity index is 0.000000120. The Morgan fingerprint density at radius 2 is 0.966 bits per heavy atom. The van der Waals surface area contributed by atoms with E-state index < -0.39 is 6.85 Å². The summed E-state index contributed by atoms with van der Waals surface area (Å²) in [5.74, 6) is 0.501. The first-order chi connectivity index (χ1) is 43.4. The Morgan fingerprint density at radius 1 is 0.414 bits per heavy atom. The Morgan fingerprint density at radius 3 is 1.57 bits per heavy atom. The lowest BCUT2D eigenvalue weighted by Gasteiger charge is -2.10. The van der Waals surface area contributed by atoms with Crippen molar-refractivity contribution in [3.63, 3.8) is 0 Å². The average molecular weight is 1140 g/mol. The maximum Gasteiger partial charge on any atom is 0.228 e. The van der Waals surface area contributed by atoms with Crippen molar-refractivity contribution in [3.05, 3.63) is 252 Å². The minimum atomic E-state index is -2.23. The standard InChI is InChI=1S/C30H25N2O.C26H24NO.C24H20NO/c1-18-14-28-26(29-23-13-9-8-12-22(23)20(3)31-30(29)33-28)15-25(18)27-16-24(19(2)17-32(27)4)21-10-6-5-7-11-21;1-16(2)19-13-14-27(4)23(15-19)20-10-11-22-25-21-8-6-5-7-18(21)9-12-24(25)28-26(22)17(20)3;1-15-12-13-25(3)21(14-15)18-9-10-20-23-19-7-5-4-6-17(19)8-11-22(23)26-24(20)16(18)2/h5-17H,1-4H3;5-16H,1-4H3;4-14H,1-3H3/q3*+1/i2D3;;. The summed E-state index contributed by atoms with van der Waals surface area (Å²) in [4.78, 5) is 4.75. The molecule has 0 bridgehead atoms. The summed E-state index contributed by atoms with van der Waals surface area (Å²) in [7, 11) is 6.09. The molecule has 0 saturated carbocycles. The Hall–Kier alpha value is -10.2. The maximum atomic E-state index is 8.15. The summed E-state index contributed by atoms with van der Waals surface area (Å²) in [5, 5.41) is 14.0. The van der Waals surface area contributed by atoms with Crippen LogP contribution in [0, 0.1) is 41.5 Å². The third-order valence-corrected chi connectivity index (χ3v) is 17.8. The van der Waals surface area contributed by atoms with E-state index >= 15 is 0 Å². The first-order valence-corrected chi connectivity index (χ1v) is 29.9. The van der Waals surface area contributed by atoms with Crippen LogP contribution < -0.4 is 13.7 Å². The van der Waals surface area contributed by atoms with E-state index in [1.807, 2.05) is 67.1 Å². The third-order valence-electron chi connectivity index (χ3n) is 17.8. The van der Waals surface area contributed by atoms with Crippen LogP contribution in [0.5, 0.6) is 0 Å². The number of hydrogen-bond donors (Lipinski definition) is 0. The van der Waals surface area contributed by atoms with E-state index in [-0.39, 0.29) is 0 Å². The molecule has 0 amide bonds. The Kier molecular flexibility index (Phi) is 12.8. The third kappa shape index (κ3) is 9.46. The van der Waals surface area contributed by atoms with Gasteiger partial charge in [-0.1, -0.05) is 129 Å². The summed E-state index contributed by atoms with van der Waals surface area (Å²) in [6.07, 6.45) is 6.00. The molecule has 0 saturated heterocycles. The molecule has 0 spiro atoms. The molecule has 0 aliphatic heterocycles. The number of furan rings is 3. The van der Waals surface area contributed by atoms with Gasteiger partial charge in [0.15, 0.2) is 18.6 Å². The van der Waals surface area contributed by atoms with Gasteiger partial charge in [-0.2, -0.15) is 0 Å². The highest BCUT2D eigenvalue weighted by atomic mass is 16.3. The van der Waals surface area contributed by atoms with E-state index in [1.54, 1.807) is 6.20 Å². The molecule has 0 atom stereocenters. The predicted molar refractivity (Wildman–Crippen MR) is 359 cm³/mol. The van der Waals surface area contributed by atoms with Crippen molar-refractivity contribution >= 4 is 98.3 Å². The minimum absolute atomic E-state index is 0.332.